The van der Waals surface area contributed by atoms with Gasteiger partial charge in [0, 0.05) is 13.0 Å². The maximum Gasteiger partial charge on any atom is 0.408 e. The first kappa shape index (κ1) is 13.8. The van der Waals surface area contributed by atoms with Gasteiger partial charge in [0.25, 0.3) is 0 Å². The monoisotopic (exact) mass is 245 g/mol. The Morgan fingerprint density at radius 1 is 1.47 bits per heavy atom. The molecule has 6 nitrogen and oxygen atoms in total. The van der Waals surface area contributed by atoms with Gasteiger partial charge in [-0.05, 0) is 27.7 Å². The van der Waals surface area contributed by atoms with E-state index in [4.69, 9.17) is 9.47 Å². The summed E-state index contributed by atoms with van der Waals surface area (Å²) >= 11 is 0. The minimum absolute atomic E-state index is 0.239. The minimum Gasteiger partial charge on any atom is -0.479 e. The summed E-state index contributed by atoms with van der Waals surface area (Å²) in [6.07, 6.45) is -1.08. The van der Waals surface area contributed by atoms with Crippen LogP contribution >= 0.6 is 0 Å². The molecular formula is C11H19NO5. The van der Waals surface area contributed by atoms with Gasteiger partial charge in [0.05, 0.1) is 6.10 Å². The summed E-state index contributed by atoms with van der Waals surface area (Å²) in [4.78, 5) is 22.9. The number of carboxylic acid groups (broad SMARTS) is 1. The van der Waals surface area contributed by atoms with Crippen LogP contribution in [0.5, 0.6) is 0 Å². The highest BCUT2D eigenvalue weighted by Crippen LogP contribution is 2.26. The third kappa shape index (κ3) is 3.09. The Kier molecular flexibility index (Phi) is 3.66. The first-order chi connectivity index (χ1) is 7.67. The predicted octanol–water partition coefficient (Wildman–Crippen LogP) is 1.14. The van der Waals surface area contributed by atoms with Gasteiger partial charge in [-0.1, -0.05) is 0 Å². The third-order valence-corrected chi connectivity index (χ3v) is 2.66. The van der Waals surface area contributed by atoms with E-state index in [9.17, 15) is 14.7 Å². The normalized spacial score (nSPS) is 28.8. The second kappa shape index (κ2) is 4.52. The molecule has 0 bridgehead atoms. The maximum absolute atomic E-state index is 11.6. The van der Waals surface area contributed by atoms with Crippen molar-refractivity contribution >= 4 is 12.1 Å². The Hall–Kier alpha value is -1.30. The molecule has 1 amide bonds. The van der Waals surface area contributed by atoms with Gasteiger partial charge in [0.15, 0.2) is 5.54 Å². The zero-order chi connectivity index (χ0) is 13.3. The van der Waals surface area contributed by atoms with Crippen LogP contribution in [-0.4, -0.2) is 41.0 Å². The molecule has 0 saturated carbocycles. The maximum atomic E-state index is 11.6. The topological polar surface area (TPSA) is 84.9 Å². The lowest BCUT2D eigenvalue weighted by molar-refractivity contribution is -0.146. The summed E-state index contributed by atoms with van der Waals surface area (Å²) in [6, 6.07) is 0. The Labute approximate surface area is 100 Å². The minimum atomic E-state index is -1.39. The van der Waals surface area contributed by atoms with Crippen LogP contribution in [0.2, 0.25) is 0 Å². The molecule has 17 heavy (non-hydrogen) atoms. The number of aliphatic carboxylic acids is 1. The number of nitrogens with one attached hydrogen (secondary N) is 1. The van der Waals surface area contributed by atoms with E-state index in [2.05, 4.69) is 5.32 Å². The van der Waals surface area contributed by atoms with Gasteiger partial charge in [-0.2, -0.15) is 0 Å². The summed E-state index contributed by atoms with van der Waals surface area (Å²) in [5.74, 6) is -1.10. The standard InChI is InChI=1S/C11H19NO5/c1-7-11(8(13)14,5-6-16-7)12-9(15)17-10(2,3)4/h7H,5-6H2,1-4H3,(H,12,15)(H,13,14). The fraction of sp³-hybridized carbons (Fsp3) is 0.818. The van der Waals surface area contributed by atoms with Crippen LogP contribution in [-0.2, 0) is 14.3 Å². The number of carbonyl (C=O) groups is 2. The van der Waals surface area contributed by atoms with Crippen molar-refractivity contribution in [1.82, 2.24) is 5.32 Å². The van der Waals surface area contributed by atoms with Crippen molar-refractivity contribution in [3.8, 4) is 0 Å². The Morgan fingerprint density at radius 3 is 2.41 bits per heavy atom. The lowest BCUT2D eigenvalue weighted by Gasteiger charge is -2.30. The van der Waals surface area contributed by atoms with Crippen molar-refractivity contribution in [3.05, 3.63) is 0 Å². The van der Waals surface area contributed by atoms with E-state index < -0.39 is 29.3 Å². The van der Waals surface area contributed by atoms with E-state index in [0.717, 1.165) is 0 Å². The van der Waals surface area contributed by atoms with E-state index in [-0.39, 0.29) is 6.42 Å². The van der Waals surface area contributed by atoms with E-state index in [1.165, 1.54) is 0 Å². The van der Waals surface area contributed by atoms with Crippen molar-refractivity contribution in [2.45, 2.75) is 51.4 Å². The highest BCUT2D eigenvalue weighted by molar-refractivity contribution is 5.85. The molecule has 0 aromatic carbocycles. The number of hydrogen-bond donors (Lipinski definition) is 2. The molecular weight excluding hydrogens is 226 g/mol. The molecule has 1 aliphatic rings. The van der Waals surface area contributed by atoms with Gasteiger partial charge in [-0.3, -0.25) is 0 Å². The Bertz CT molecular complexity index is 322. The van der Waals surface area contributed by atoms with E-state index in [0.29, 0.717) is 6.61 Å². The molecule has 1 saturated heterocycles. The molecule has 2 N–H and O–H groups in total. The number of hydrogen-bond acceptors (Lipinski definition) is 4. The van der Waals surface area contributed by atoms with Crippen LogP contribution in [0, 0.1) is 0 Å². The number of rotatable bonds is 2. The van der Waals surface area contributed by atoms with Gasteiger partial charge in [0.2, 0.25) is 0 Å². The van der Waals surface area contributed by atoms with Gasteiger partial charge in [-0.15, -0.1) is 0 Å². The molecule has 0 aromatic rings. The first-order valence-electron chi connectivity index (χ1n) is 5.53. The number of carbonyl (C=O) groups excluding carboxylic acids is 1. The second-order valence-electron chi connectivity index (χ2n) is 5.17. The number of ether oxygens (including phenoxy) is 2. The second-order valence-corrected chi connectivity index (χ2v) is 5.17. The van der Waals surface area contributed by atoms with E-state index in [1.807, 2.05) is 0 Å². The summed E-state index contributed by atoms with van der Waals surface area (Å²) in [6.45, 7) is 7.08. The molecule has 0 aliphatic carbocycles. The van der Waals surface area contributed by atoms with Gasteiger partial charge >= 0.3 is 12.1 Å². The van der Waals surface area contributed by atoms with Crippen molar-refractivity contribution < 1.29 is 24.2 Å². The summed E-state index contributed by atoms with van der Waals surface area (Å²) in [5, 5.41) is 11.6. The molecule has 0 radical (unpaired) electrons. The first-order valence-corrected chi connectivity index (χ1v) is 5.53. The van der Waals surface area contributed by atoms with E-state index in [1.54, 1.807) is 27.7 Å². The van der Waals surface area contributed by atoms with Crippen LogP contribution in [0.4, 0.5) is 4.79 Å². The number of amides is 1. The molecule has 1 aliphatic heterocycles. The molecule has 0 spiro atoms. The third-order valence-electron chi connectivity index (χ3n) is 2.66. The fourth-order valence-electron chi connectivity index (χ4n) is 1.73. The predicted molar refractivity (Wildman–Crippen MR) is 59.8 cm³/mol. The van der Waals surface area contributed by atoms with Crippen molar-refractivity contribution in [1.29, 1.82) is 0 Å². The number of carboxylic acids is 1. The van der Waals surface area contributed by atoms with Gasteiger partial charge in [-0.25, -0.2) is 9.59 Å². The lowest BCUT2D eigenvalue weighted by Crippen LogP contribution is -2.59. The summed E-state index contributed by atoms with van der Waals surface area (Å²) in [5.41, 5.74) is -2.05. The van der Waals surface area contributed by atoms with Gasteiger partial charge < -0.3 is 19.9 Å². The average Bonchev–Trinajstić information content (AvgIpc) is 2.45. The SMILES string of the molecule is CC1OCCC1(NC(=O)OC(C)(C)C)C(=O)O. The van der Waals surface area contributed by atoms with E-state index >= 15 is 0 Å². The highest BCUT2D eigenvalue weighted by Gasteiger charge is 2.50. The summed E-state index contributed by atoms with van der Waals surface area (Å²) < 4.78 is 10.3. The Morgan fingerprint density at radius 2 is 2.06 bits per heavy atom. The highest BCUT2D eigenvalue weighted by atomic mass is 16.6. The van der Waals surface area contributed by atoms with Crippen molar-refractivity contribution in [2.75, 3.05) is 6.61 Å². The average molecular weight is 245 g/mol. The van der Waals surface area contributed by atoms with Crippen LogP contribution in [0.25, 0.3) is 0 Å². The van der Waals surface area contributed by atoms with Gasteiger partial charge in [0.1, 0.15) is 5.60 Å². The molecule has 1 fully saturated rings. The van der Waals surface area contributed by atoms with Crippen LogP contribution in [0.15, 0.2) is 0 Å². The van der Waals surface area contributed by atoms with Crippen molar-refractivity contribution in [2.24, 2.45) is 0 Å². The zero-order valence-corrected chi connectivity index (χ0v) is 10.6. The fourth-order valence-corrected chi connectivity index (χ4v) is 1.73. The molecule has 2 unspecified atom stereocenters. The smallest absolute Gasteiger partial charge is 0.408 e. The molecule has 0 aromatic heterocycles. The van der Waals surface area contributed by atoms with Crippen LogP contribution < -0.4 is 5.32 Å². The van der Waals surface area contributed by atoms with Crippen molar-refractivity contribution in [3.63, 3.8) is 0 Å². The number of alkyl carbamates (subject to hydrolysis) is 1. The molecule has 1 heterocycles. The lowest BCUT2D eigenvalue weighted by atomic mass is 9.92. The van der Waals surface area contributed by atoms with Crippen LogP contribution in [0.3, 0.4) is 0 Å². The molecule has 98 valence electrons. The zero-order valence-electron chi connectivity index (χ0n) is 10.6. The Balaban J connectivity index is 2.75. The summed E-state index contributed by atoms with van der Waals surface area (Å²) in [7, 11) is 0. The molecule has 1 rings (SSSR count). The molecule has 2 atom stereocenters. The quantitative estimate of drug-likeness (QED) is 0.762. The largest absolute Gasteiger partial charge is 0.479 e. The molecule has 6 heteroatoms. The van der Waals surface area contributed by atoms with Crippen LogP contribution in [0.1, 0.15) is 34.1 Å².